The Bertz CT molecular complexity index is 2720. The molecule has 0 saturated heterocycles. The number of rotatable bonds is 5. The standard InChI is InChI=1S/C51H50N4O.Pt/c1-32(2)50(9)51(10,35-18-12-11-13-19-35)56-47(53-50)34-26-33(3)27-37(28-34)54-43-23-17-15-21-40(43)49(7,8)41-30-39-38-20-14-16-22-42(38)55(44(39)31-45(41)54)46-29-36(24-25-52-46)48(4,5)6;/h11-27,29-30,32H,1-10H3;/q-2;+2/t50-,51-;/m1./s1. The van der Waals surface area contributed by atoms with E-state index in [2.05, 4.69) is 200 Å². The number of benzene rings is 5. The van der Waals surface area contributed by atoms with Gasteiger partial charge in [-0.3, -0.25) is 4.99 Å². The average Bonchev–Trinajstić information content (AvgIpc) is 3.66. The molecule has 2 atom stereocenters. The van der Waals surface area contributed by atoms with Gasteiger partial charge in [0.1, 0.15) is 17.3 Å². The van der Waals surface area contributed by atoms with E-state index < -0.39 is 11.1 Å². The largest absolute Gasteiger partial charge is 2.00 e. The van der Waals surface area contributed by atoms with Crippen molar-refractivity contribution in [2.24, 2.45) is 10.9 Å². The molecule has 0 bridgehead atoms. The van der Waals surface area contributed by atoms with Gasteiger partial charge in [0.05, 0.1) is 5.54 Å². The second kappa shape index (κ2) is 13.6. The summed E-state index contributed by atoms with van der Waals surface area (Å²) < 4.78 is 9.33. The van der Waals surface area contributed by atoms with Crippen molar-refractivity contribution in [3.8, 4) is 5.82 Å². The van der Waals surface area contributed by atoms with Gasteiger partial charge in [-0.15, -0.1) is 40.8 Å². The SMILES string of the molecule is Cc1cc(C2=N[C@](C)(C(C)C)[C@@](C)(c3ccccc3)O2)[c-]c(N2c3[c-]c4c(cc3C(C)(C)c3ccccc32)c2ccccc2n4-c2cc(C(C)(C)C)ccn2)c1.[Pt+2]. The average molecular weight is 930 g/mol. The fourth-order valence-corrected chi connectivity index (χ4v) is 9.01. The van der Waals surface area contributed by atoms with E-state index in [1.165, 1.54) is 22.1 Å². The molecule has 0 spiro atoms. The number of pyridine rings is 1. The Morgan fingerprint density at radius 2 is 1.46 bits per heavy atom. The Hall–Kier alpha value is -4.99. The Morgan fingerprint density at radius 3 is 2.19 bits per heavy atom. The molecular weight excluding hydrogens is 880 g/mol. The van der Waals surface area contributed by atoms with Crippen molar-refractivity contribution < 1.29 is 25.8 Å². The fraction of sp³-hybridized carbons (Fsp3) is 0.294. The maximum absolute atomic E-state index is 7.04. The zero-order valence-corrected chi connectivity index (χ0v) is 36.8. The third-order valence-electron chi connectivity index (χ3n) is 12.8. The summed E-state index contributed by atoms with van der Waals surface area (Å²) in [6.07, 6.45) is 1.94. The van der Waals surface area contributed by atoms with Gasteiger partial charge < -0.3 is 14.2 Å². The van der Waals surface area contributed by atoms with Crippen molar-refractivity contribution in [1.29, 1.82) is 0 Å². The second-order valence-electron chi connectivity index (χ2n) is 18.0. The molecule has 290 valence electrons. The molecule has 7 aromatic rings. The van der Waals surface area contributed by atoms with Crippen molar-refractivity contribution in [3.05, 3.63) is 161 Å². The maximum atomic E-state index is 7.04. The monoisotopic (exact) mass is 929 g/mol. The smallest absolute Gasteiger partial charge is 0.508 e. The third-order valence-corrected chi connectivity index (χ3v) is 12.8. The number of ether oxygens (including phenoxy) is 1. The molecule has 0 saturated carbocycles. The molecule has 57 heavy (non-hydrogen) atoms. The molecule has 2 aromatic heterocycles. The molecule has 0 N–H and O–H groups in total. The molecule has 0 radical (unpaired) electrons. The van der Waals surface area contributed by atoms with Crippen LogP contribution in [0, 0.1) is 25.0 Å². The van der Waals surface area contributed by atoms with E-state index in [1.807, 2.05) is 6.20 Å². The van der Waals surface area contributed by atoms with Gasteiger partial charge in [-0.1, -0.05) is 139 Å². The van der Waals surface area contributed by atoms with Gasteiger partial charge in [0.25, 0.3) is 0 Å². The van der Waals surface area contributed by atoms with Gasteiger partial charge in [-0.2, -0.15) is 6.07 Å². The summed E-state index contributed by atoms with van der Waals surface area (Å²) in [6.45, 7) is 22.4. The maximum Gasteiger partial charge on any atom is 2.00 e. The number of nitrogens with zero attached hydrogens (tertiary/aromatic N) is 4. The van der Waals surface area contributed by atoms with E-state index in [-0.39, 0.29) is 37.8 Å². The van der Waals surface area contributed by atoms with Crippen LogP contribution in [0.5, 0.6) is 0 Å². The summed E-state index contributed by atoms with van der Waals surface area (Å²) in [6, 6.07) is 47.0. The Morgan fingerprint density at radius 1 is 0.754 bits per heavy atom. The van der Waals surface area contributed by atoms with E-state index >= 15 is 0 Å². The number of aromatic nitrogens is 2. The van der Waals surface area contributed by atoms with Crippen LogP contribution in [0.4, 0.5) is 17.1 Å². The first-order valence-electron chi connectivity index (χ1n) is 19.9. The summed E-state index contributed by atoms with van der Waals surface area (Å²) in [4.78, 5) is 12.7. The topological polar surface area (TPSA) is 42.6 Å². The minimum absolute atomic E-state index is 0. The summed E-state index contributed by atoms with van der Waals surface area (Å²) in [5.41, 5.74) is 10.4. The number of aryl methyl sites for hydroxylation is 1. The number of hydrogen-bond donors (Lipinski definition) is 0. The normalized spacial score (nSPS) is 19.9. The van der Waals surface area contributed by atoms with Crippen molar-refractivity contribution in [2.75, 3.05) is 4.90 Å². The fourth-order valence-electron chi connectivity index (χ4n) is 9.01. The molecule has 4 heterocycles. The van der Waals surface area contributed by atoms with E-state index in [0.717, 1.165) is 56.0 Å². The molecular formula is C51H50N4OPt. The van der Waals surface area contributed by atoms with E-state index in [4.69, 9.17) is 14.7 Å². The van der Waals surface area contributed by atoms with Gasteiger partial charge >= 0.3 is 21.1 Å². The first-order chi connectivity index (χ1) is 26.6. The second-order valence-corrected chi connectivity index (χ2v) is 18.0. The molecule has 0 unspecified atom stereocenters. The van der Waals surface area contributed by atoms with Crippen LogP contribution in [0.15, 0.2) is 120 Å². The first kappa shape index (κ1) is 38.9. The minimum Gasteiger partial charge on any atom is -0.508 e. The quantitative estimate of drug-likeness (QED) is 0.162. The van der Waals surface area contributed by atoms with Gasteiger partial charge in [0, 0.05) is 17.4 Å². The Balaban J connectivity index is 0.00000455. The van der Waals surface area contributed by atoms with E-state index in [0.29, 0.717) is 5.90 Å². The zero-order valence-electron chi connectivity index (χ0n) is 34.6. The molecule has 9 rings (SSSR count). The van der Waals surface area contributed by atoms with E-state index in [1.54, 1.807) is 0 Å². The Labute approximate surface area is 352 Å². The molecule has 5 aromatic carbocycles. The van der Waals surface area contributed by atoms with Crippen LogP contribution < -0.4 is 4.90 Å². The van der Waals surface area contributed by atoms with Gasteiger partial charge in [0.15, 0.2) is 0 Å². The predicted octanol–water partition coefficient (Wildman–Crippen LogP) is 12.6. The number of aliphatic imine (C=N–C) groups is 1. The minimum atomic E-state index is -0.658. The van der Waals surface area contributed by atoms with Crippen LogP contribution in [0.1, 0.15) is 95.7 Å². The van der Waals surface area contributed by atoms with Crippen molar-refractivity contribution >= 4 is 44.8 Å². The van der Waals surface area contributed by atoms with Crippen molar-refractivity contribution in [1.82, 2.24) is 9.55 Å². The number of para-hydroxylation sites is 2. The zero-order chi connectivity index (χ0) is 39.4. The van der Waals surface area contributed by atoms with Crippen molar-refractivity contribution in [2.45, 2.75) is 91.2 Å². The molecule has 0 amide bonds. The van der Waals surface area contributed by atoms with Crippen LogP contribution in [0.25, 0.3) is 27.6 Å². The molecule has 2 aliphatic heterocycles. The molecule has 6 heteroatoms. The summed E-state index contributed by atoms with van der Waals surface area (Å²) in [5, 5.41) is 2.34. The van der Waals surface area contributed by atoms with Crippen LogP contribution in [0.3, 0.4) is 0 Å². The van der Waals surface area contributed by atoms with Gasteiger partial charge in [0.2, 0.25) is 0 Å². The third kappa shape index (κ3) is 5.91. The molecule has 0 fully saturated rings. The number of anilines is 3. The Kier molecular flexibility index (Phi) is 9.24. The summed E-state index contributed by atoms with van der Waals surface area (Å²) in [5.74, 6) is 1.73. The molecule has 0 aliphatic carbocycles. The van der Waals surface area contributed by atoms with Crippen LogP contribution >= 0.6 is 0 Å². The van der Waals surface area contributed by atoms with Crippen LogP contribution in [0.2, 0.25) is 0 Å². The first-order valence-corrected chi connectivity index (χ1v) is 19.9. The van der Waals surface area contributed by atoms with Crippen LogP contribution in [-0.2, 0) is 42.2 Å². The molecule has 5 nitrogen and oxygen atoms in total. The van der Waals surface area contributed by atoms with Gasteiger partial charge in [-0.05, 0) is 82.6 Å². The van der Waals surface area contributed by atoms with Gasteiger partial charge in [-0.25, -0.2) is 4.98 Å². The number of fused-ring (bicyclic) bond motifs is 5. The number of hydrogen-bond acceptors (Lipinski definition) is 4. The van der Waals surface area contributed by atoms with Crippen molar-refractivity contribution in [3.63, 3.8) is 0 Å². The summed E-state index contributed by atoms with van der Waals surface area (Å²) in [7, 11) is 0. The van der Waals surface area contributed by atoms with Crippen LogP contribution in [-0.4, -0.2) is 21.0 Å². The summed E-state index contributed by atoms with van der Waals surface area (Å²) >= 11 is 0. The van der Waals surface area contributed by atoms with E-state index in [9.17, 15) is 0 Å². The predicted molar refractivity (Wildman–Crippen MR) is 231 cm³/mol. The molecule has 2 aliphatic rings.